The van der Waals surface area contributed by atoms with Crippen LogP contribution in [-0.4, -0.2) is 30.5 Å². The molecule has 3 aromatic rings. The number of phenols is 1. The number of carbonyl (C=O) groups is 2. The molecule has 3 rings (SSSR count). The lowest BCUT2D eigenvalue weighted by Crippen LogP contribution is -2.15. The number of aromatic hydroxyl groups is 1. The summed E-state index contributed by atoms with van der Waals surface area (Å²) in [5, 5.41) is 25.3. The molecule has 0 heterocycles. The summed E-state index contributed by atoms with van der Waals surface area (Å²) >= 11 is 0. The number of carboxylic acid groups (broad SMARTS) is 1. The van der Waals surface area contributed by atoms with E-state index in [0.717, 1.165) is 0 Å². The van der Waals surface area contributed by atoms with Gasteiger partial charge in [0.05, 0.1) is 21.7 Å². The third kappa shape index (κ3) is 4.50. The highest BCUT2D eigenvalue weighted by Gasteiger charge is 2.22. The number of benzene rings is 3. The van der Waals surface area contributed by atoms with E-state index in [1.807, 2.05) is 0 Å². The van der Waals surface area contributed by atoms with Crippen molar-refractivity contribution in [3.8, 4) is 40.3 Å². The molecule has 9 nitrogen and oxygen atoms in total. The van der Waals surface area contributed by atoms with Crippen LogP contribution < -0.4 is 16.6 Å². The summed E-state index contributed by atoms with van der Waals surface area (Å²) < 4.78 is 23.1. The smallest absolute Gasteiger partial charge is 0.336 e. The molecular weight excluding hydrogens is 446 g/mol. The van der Waals surface area contributed by atoms with Crippen LogP contribution in [0.2, 0.25) is 0 Å². The van der Waals surface area contributed by atoms with Crippen molar-refractivity contribution in [2.45, 2.75) is 11.3 Å². The molecule has 33 heavy (non-hydrogen) atoms. The number of phenolic OH excluding ortho intramolecular Hbond substituents is 1. The molecule has 0 aromatic heterocycles. The third-order valence-corrected chi connectivity index (χ3v) is 5.96. The van der Waals surface area contributed by atoms with Crippen molar-refractivity contribution in [3.05, 3.63) is 65.2 Å². The van der Waals surface area contributed by atoms with E-state index in [1.165, 1.54) is 48.5 Å². The first kappa shape index (κ1) is 23.3. The minimum Gasteiger partial charge on any atom is -0.507 e. The zero-order valence-corrected chi connectivity index (χ0v) is 17.9. The Morgan fingerprint density at radius 3 is 2.15 bits per heavy atom. The maximum Gasteiger partial charge on any atom is 0.336 e. The summed E-state index contributed by atoms with van der Waals surface area (Å²) in [5.74, 6) is 0.00773. The fraction of sp³-hybridized carbons (Fsp3) is 0.0435. The van der Waals surface area contributed by atoms with Crippen molar-refractivity contribution < 1.29 is 28.2 Å². The summed E-state index contributed by atoms with van der Waals surface area (Å²) in [6, 6.07) is 10.7. The number of nitrogen functional groups attached to an aromatic ring is 1. The van der Waals surface area contributed by atoms with E-state index in [9.17, 15) is 28.2 Å². The predicted octanol–water partition coefficient (Wildman–Crippen LogP) is 1.93. The van der Waals surface area contributed by atoms with Crippen LogP contribution in [0.4, 0.5) is 5.69 Å². The lowest BCUT2D eigenvalue weighted by Gasteiger charge is -2.17. The van der Waals surface area contributed by atoms with Crippen LogP contribution in [0.1, 0.15) is 26.3 Å². The Hall–Kier alpha value is -4.33. The number of carboxylic acids is 1. The molecule has 0 aliphatic heterocycles. The highest BCUT2D eigenvalue weighted by Crippen LogP contribution is 2.40. The summed E-state index contributed by atoms with van der Waals surface area (Å²) in [5.41, 5.74) is 12.7. The molecule has 0 radical (unpaired) electrons. The quantitative estimate of drug-likeness (QED) is 0.272. The standard InChI is InChI=1S/C23H19N3O6S/c1-2-3-15-16(23(29)30)8-9-19(27)20(15)13-10-17(21(24)18(11-13)22(25)28)12-4-6-14(7-5-12)33(26,31)32/h1,4-11,27H,3,24H2,(H2,25,28)(H,29,30)(H2,26,31,32). The molecule has 1 amide bonds. The maximum absolute atomic E-state index is 12.1. The van der Waals surface area contributed by atoms with Crippen LogP contribution in [0.25, 0.3) is 22.3 Å². The van der Waals surface area contributed by atoms with Gasteiger partial charge in [-0.2, -0.15) is 0 Å². The largest absolute Gasteiger partial charge is 0.507 e. The number of primary amides is 1. The molecule has 0 aliphatic carbocycles. The van der Waals surface area contributed by atoms with E-state index in [1.54, 1.807) is 0 Å². The van der Waals surface area contributed by atoms with Crippen LogP contribution >= 0.6 is 0 Å². The molecule has 0 unspecified atom stereocenters. The van der Waals surface area contributed by atoms with Crippen molar-refractivity contribution in [1.82, 2.24) is 0 Å². The molecular formula is C23H19N3O6S. The summed E-state index contributed by atoms with van der Waals surface area (Å²) in [6.07, 6.45) is 5.31. The van der Waals surface area contributed by atoms with E-state index in [4.69, 9.17) is 23.0 Å². The van der Waals surface area contributed by atoms with Crippen molar-refractivity contribution in [2.75, 3.05) is 5.73 Å². The predicted molar refractivity (Wildman–Crippen MR) is 123 cm³/mol. The average molecular weight is 465 g/mol. The second-order valence-corrected chi connectivity index (χ2v) is 8.65. The molecule has 0 fully saturated rings. The zero-order chi connectivity index (χ0) is 24.5. The Bertz CT molecular complexity index is 1440. The number of hydrogen-bond donors (Lipinski definition) is 5. The van der Waals surface area contributed by atoms with Gasteiger partial charge >= 0.3 is 5.97 Å². The summed E-state index contributed by atoms with van der Waals surface area (Å²) in [6.45, 7) is 0. The summed E-state index contributed by atoms with van der Waals surface area (Å²) in [7, 11) is -3.93. The second-order valence-electron chi connectivity index (χ2n) is 7.09. The number of nitrogens with two attached hydrogens (primary N) is 3. The number of hydrogen-bond acceptors (Lipinski definition) is 6. The number of carbonyl (C=O) groups excluding carboxylic acids is 1. The fourth-order valence-corrected chi connectivity index (χ4v) is 4.02. The van der Waals surface area contributed by atoms with E-state index in [-0.39, 0.29) is 50.6 Å². The van der Waals surface area contributed by atoms with Crippen molar-refractivity contribution >= 4 is 27.6 Å². The number of primary sulfonamides is 1. The number of aromatic carboxylic acids is 1. The minimum absolute atomic E-state index is 0.0157. The summed E-state index contributed by atoms with van der Waals surface area (Å²) in [4.78, 5) is 23.7. The molecule has 0 spiro atoms. The topological polar surface area (TPSA) is 187 Å². The molecule has 0 bridgehead atoms. The first-order valence-corrected chi connectivity index (χ1v) is 10.9. The lowest BCUT2D eigenvalue weighted by atomic mass is 9.88. The van der Waals surface area contributed by atoms with Crippen molar-refractivity contribution in [3.63, 3.8) is 0 Å². The Kier molecular flexibility index (Phi) is 6.12. The Labute approximate surface area is 189 Å². The fourth-order valence-electron chi connectivity index (χ4n) is 3.51. The molecule has 0 atom stereocenters. The Balaban J connectivity index is 2.36. The molecule has 168 valence electrons. The van der Waals surface area contributed by atoms with Gasteiger partial charge < -0.3 is 21.7 Å². The van der Waals surface area contributed by atoms with Gasteiger partial charge in [0.15, 0.2) is 0 Å². The molecule has 10 heteroatoms. The minimum atomic E-state index is -3.93. The van der Waals surface area contributed by atoms with Gasteiger partial charge in [0.2, 0.25) is 10.0 Å². The second kappa shape index (κ2) is 8.66. The van der Waals surface area contributed by atoms with Crippen LogP contribution in [0.15, 0.2) is 53.4 Å². The Morgan fingerprint density at radius 2 is 1.64 bits per heavy atom. The first-order chi connectivity index (χ1) is 15.5. The van der Waals surface area contributed by atoms with E-state index < -0.39 is 21.9 Å². The van der Waals surface area contributed by atoms with E-state index >= 15 is 0 Å². The van der Waals surface area contributed by atoms with Gasteiger partial charge in [0, 0.05) is 17.5 Å². The average Bonchev–Trinajstić information content (AvgIpc) is 2.73. The van der Waals surface area contributed by atoms with Crippen molar-refractivity contribution in [1.29, 1.82) is 0 Å². The number of rotatable bonds is 6. The van der Waals surface area contributed by atoms with Gasteiger partial charge in [-0.25, -0.2) is 18.4 Å². The first-order valence-electron chi connectivity index (χ1n) is 9.34. The monoisotopic (exact) mass is 465 g/mol. The van der Waals surface area contributed by atoms with Gasteiger partial charge in [-0.05, 0) is 53.1 Å². The molecule has 8 N–H and O–H groups in total. The molecule has 3 aromatic carbocycles. The highest BCUT2D eigenvalue weighted by molar-refractivity contribution is 7.89. The van der Waals surface area contributed by atoms with Gasteiger partial charge in [0.25, 0.3) is 5.91 Å². The SMILES string of the molecule is C#CCc1c(C(=O)O)ccc(O)c1-c1cc(C(N)=O)c(N)c(-c2ccc(S(N)(=O)=O)cc2)c1. The normalized spacial score (nSPS) is 11.0. The number of anilines is 1. The van der Waals surface area contributed by atoms with E-state index in [0.29, 0.717) is 11.1 Å². The number of sulfonamides is 1. The molecule has 0 aliphatic rings. The highest BCUT2D eigenvalue weighted by atomic mass is 32.2. The van der Waals surface area contributed by atoms with Crippen LogP contribution in [0.5, 0.6) is 5.75 Å². The lowest BCUT2D eigenvalue weighted by molar-refractivity contribution is 0.0695. The van der Waals surface area contributed by atoms with Crippen molar-refractivity contribution in [2.24, 2.45) is 10.9 Å². The molecule has 0 saturated carbocycles. The van der Waals surface area contributed by atoms with Crippen LogP contribution in [-0.2, 0) is 16.4 Å². The third-order valence-electron chi connectivity index (χ3n) is 5.03. The van der Waals surface area contributed by atoms with Gasteiger partial charge in [-0.1, -0.05) is 12.1 Å². The Morgan fingerprint density at radius 1 is 1.00 bits per heavy atom. The van der Waals surface area contributed by atoms with Gasteiger partial charge in [0.1, 0.15) is 5.75 Å². The number of terminal acetylenes is 1. The van der Waals surface area contributed by atoms with Gasteiger partial charge in [-0.15, -0.1) is 12.3 Å². The van der Waals surface area contributed by atoms with Crippen LogP contribution in [0.3, 0.4) is 0 Å². The van der Waals surface area contributed by atoms with E-state index in [2.05, 4.69) is 5.92 Å². The number of amides is 1. The van der Waals surface area contributed by atoms with Crippen LogP contribution in [0, 0.1) is 12.3 Å². The molecule has 0 saturated heterocycles. The zero-order valence-electron chi connectivity index (χ0n) is 17.1. The van der Waals surface area contributed by atoms with Gasteiger partial charge in [-0.3, -0.25) is 4.79 Å². The maximum atomic E-state index is 12.1.